The minimum absolute atomic E-state index is 0.0408. The summed E-state index contributed by atoms with van der Waals surface area (Å²) in [6, 6.07) is 5.46. The summed E-state index contributed by atoms with van der Waals surface area (Å²) in [7, 11) is 1.77. The van der Waals surface area contributed by atoms with Gasteiger partial charge in [-0.15, -0.1) is 0 Å². The number of amides is 1. The van der Waals surface area contributed by atoms with Crippen molar-refractivity contribution < 1.29 is 14.3 Å². The van der Waals surface area contributed by atoms with Crippen LogP contribution in [-0.4, -0.2) is 38.1 Å². The van der Waals surface area contributed by atoms with Crippen LogP contribution in [0.4, 0.5) is 11.4 Å². The van der Waals surface area contributed by atoms with Crippen LogP contribution >= 0.6 is 0 Å². The number of hydrogen-bond acceptors (Lipinski definition) is 5. The molecular formula is C15H21N3O3. The highest BCUT2D eigenvalue weighted by molar-refractivity contribution is 5.99. The third-order valence-corrected chi connectivity index (χ3v) is 3.31. The van der Waals surface area contributed by atoms with Gasteiger partial charge in [0.1, 0.15) is 0 Å². The van der Waals surface area contributed by atoms with Crippen molar-refractivity contribution in [2.45, 2.75) is 25.8 Å². The smallest absolute Gasteiger partial charge is 0.340 e. The summed E-state index contributed by atoms with van der Waals surface area (Å²) in [5.41, 5.74) is 7.33. The molecule has 0 heterocycles. The van der Waals surface area contributed by atoms with Crippen LogP contribution in [0.15, 0.2) is 18.2 Å². The Hall–Kier alpha value is -2.24. The number of rotatable bonds is 6. The van der Waals surface area contributed by atoms with Gasteiger partial charge in [0.25, 0.3) is 0 Å². The van der Waals surface area contributed by atoms with E-state index in [4.69, 9.17) is 10.5 Å². The van der Waals surface area contributed by atoms with Crippen molar-refractivity contribution in [3.63, 3.8) is 0 Å². The molecule has 3 N–H and O–H groups in total. The molecule has 0 atom stereocenters. The number of hydrogen-bond donors (Lipinski definition) is 2. The Morgan fingerprint density at radius 2 is 2.14 bits per heavy atom. The lowest BCUT2D eigenvalue weighted by Gasteiger charge is -2.21. The van der Waals surface area contributed by atoms with Crippen molar-refractivity contribution in [1.29, 1.82) is 0 Å². The molecule has 0 spiro atoms. The van der Waals surface area contributed by atoms with Crippen LogP contribution in [0.25, 0.3) is 0 Å². The Labute approximate surface area is 124 Å². The standard InChI is InChI=1S/C15H21N3O3/c1-3-21-15(20)11-5-4-6-12(14(11)16)18(2)9-13(19)17-10-7-8-10/h4-6,10H,3,7-9,16H2,1-2H3,(H,17,19). The highest BCUT2D eigenvalue weighted by Crippen LogP contribution is 2.26. The first-order chi connectivity index (χ1) is 10.0. The van der Waals surface area contributed by atoms with Crippen LogP contribution in [0.5, 0.6) is 0 Å². The van der Waals surface area contributed by atoms with Crippen LogP contribution < -0.4 is 16.0 Å². The Morgan fingerprint density at radius 3 is 2.76 bits per heavy atom. The molecule has 1 fully saturated rings. The fraction of sp³-hybridized carbons (Fsp3) is 0.467. The average Bonchev–Trinajstić information content (AvgIpc) is 3.22. The van der Waals surface area contributed by atoms with Crippen LogP contribution in [0.3, 0.4) is 0 Å². The van der Waals surface area contributed by atoms with Gasteiger partial charge in [0, 0.05) is 13.1 Å². The minimum atomic E-state index is -0.451. The number of nitrogens with two attached hydrogens (primary N) is 1. The molecule has 1 aromatic carbocycles. The molecule has 6 nitrogen and oxygen atoms in total. The van der Waals surface area contributed by atoms with Crippen molar-refractivity contribution in [3.8, 4) is 0 Å². The van der Waals surface area contributed by atoms with Crippen LogP contribution in [-0.2, 0) is 9.53 Å². The number of carbonyl (C=O) groups is 2. The predicted octanol–water partition coefficient (Wildman–Crippen LogP) is 1.16. The third kappa shape index (κ3) is 3.87. The summed E-state index contributed by atoms with van der Waals surface area (Å²) >= 11 is 0. The van der Waals surface area contributed by atoms with E-state index in [2.05, 4.69) is 5.32 Å². The summed E-state index contributed by atoms with van der Waals surface area (Å²) in [5, 5.41) is 2.92. The van der Waals surface area contributed by atoms with Crippen LogP contribution in [0.1, 0.15) is 30.1 Å². The second-order valence-electron chi connectivity index (χ2n) is 5.16. The zero-order chi connectivity index (χ0) is 15.4. The van der Waals surface area contributed by atoms with Gasteiger partial charge in [-0.25, -0.2) is 4.79 Å². The lowest BCUT2D eigenvalue weighted by atomic mass is 10.1. The summed E-state index contributed by atoms with van der Waals surface area (Å²) in [4.78, 5) is 25.4. The maximum absolute atomic E-state index is 11.8. The van der Waals surface area contributed by atoms with E-state index in [1.165, 1.54) is 0 Å². The monoisotopic (exact) mass is 291 g/mol. The van der Waals surface area contributed by atoms with E-state index in [1.807, 2.05) is 0 Å². The normalized spacial score (nSPS) is 13.6. The molecule has 0 unspecified atom stereocenters. The van der Waals surface area contributed by atoms with E-state index >= 15 is 0 Å². The summed E-state index contributed by atoms with van der Waals surface area (Å²) < 4.78 is 4.97. The minimum Gasteiger partial charge on any atom is -0.462 e. The van der Waals surface area contributed by atoms with E-state index in [0.29, 0.717) is 29.6 Å². The zero-order valence-corrected chi connectivity index (χ0v) is 12.4. The lowest BCUT2D eigenvalue weighted by molar-refractivity contribution is -0.119. The van der Waals surface area contributed by atoms with Crippen molar-refractivity contribution >= 4 is 23.3 Å². The molecule has 6 heteroatoms. The van der Waals surface area contributed by atoms with Crippen molar-refractivity contribution in [1.82, 2.24) is 5.32 Å². The highest BCUT2D eigenvalue weighted by Gasteiger charge is 2.24. The van der Waals surface area contributed by atoms with Gasteiger partial charge in [-0.05, 0) is 31.9 Å². The highest BCUT2D eigenvalue weighted by atomic mass is 16.5. The number of likely N-dealkylation sites (N-methyl/N-ethyl adjacent to an activating group) is 1. The Bertz CT molecular complexity index is 541. The Kier molecular flexibility index (Phi) is 4.67. The fourth-order valence-corrected chi connectivity index (χ4v) is 2.07. The fourth-order valence-electron chi connectivity index (χ4n) is 2.07. The molecular weight excluding hydrogens is 270 g/mol. The molecule has 0 radical (unpaired) electrons. The van der Waals surface area contributed by atoms with Crippen molar-refractivity contribution in [2.24, 2.45) is 0 Å². The van der Waals surface area contributed by atoms with Crippen LogP contribution in [0, 0.1) is 0 Å². The number of ether oxygens (including phenoxy) is 1. The molecule has 1 aromatic rings. The first kappa shape index (κ1) is 15.2. The molecule has 0 aromatic heterocycles. The van der Waals surface area contributed by atoms with Gasteiger partial charge in [0.2, 0.25) is 5.91 Å². The van der Waals surface area contributed by atoms with Gasteiger partial charge < -0.3 is 20.7 Å². The second kappa shape index (κ2) is 6.47. The van der Waals surface area contributed by atoms with Gasteiger partial charge in [0.15, 0.2) is 0 Å². The average molecular weight is 291 g/mol. The molecule has 21 heavy (non-hydrogen) atoms. The van der Waals surface area contributed by atoms with Gasteiger partial charge >= 0.3 is 5.97 Å². The van der Waals surface area contributed by atoms with E-state index in [-0.39, 0.29) is 12.5 Å². The molecule has 2 rings (SSSR count). The molecule has 1 amide bonds. The van der Waals surface area contributed by atoms with Crippen molar-refractivity contribution in [3.05, 3.63) is 23.8 Å². The number of nitrogens with zero attached hydrogens (tertiary/aromatic N) is 1. The first-order valence-corrected chi connectivity index (χ1v) is 7.09. The van der Waals surface area contributed by atoms with Gasteiger partial charge in [0.05, 0.1) is 30.1 Å². The number of para-hydroxylation sites is 1. The van der Waals surface area contributed by atoms with Crippen LogP contribution in [0.2, 0.25) is 0 Å². The van der Waals surface area contributed by atoms with Gasteiger partial charge in [-0.3, -0.25) is 4.79 Å². The van der Waals surface area contributed by atoms with E-state index in [9.17, 15) is 9.59 Å². The number of carbonyl (C=O) groups excluding carboxylic acids is 2. The molecule has 0 saturated heterocycles. The Balaban J connectivity index is 2.09. The molecule has 1 aliphatic rings. The van der Waals surface area contributed by atoms with Crippen molar-refractivity contribution in [2.75, 3.05) is 30.8 Å². The molecule has 1 saturated carbocycles. The molecule has 0 aliphatic heterocycles. The largest absolute Gasteiger partial charge is 0.462 e. The SMILES string of the molecule is CCOC(=O)c1cccc(N(C)CC(=O)NC2CC2)c1N. The number of esters is 1. The topological polar surface area (TPSA) is 84.7 Å². The van der Waals surface area contributed by atoms with E-state index in [0.717, 1.165) is 12.8 Å². The van der Waals surface area contributed by atoms with E-state index in [1.54, 1.807) is 37.1 Å². The van der Waals surface area contributed by atoms with Gasteiger partial charge in [-0.1, -0.05) is 6.07 Å². The molecule has 114 valence electrons. The quantitative estimate of drug-likeness (QED) is 0.607. The summed E-state index contributed by atoms with van der Waals surface area (Å²) in [5.74, 6) is -0.492. The van der Waals surface area contributed by atoms with E-state index < -0.39 is 5.97 Å². The Morgan fingerprint density at radius 1 is 1.43 bits per heavy atom. The third-order valence-electron chi connectivity index (χ3n) is 3.31. The summed E-state index contributed by atoms with van der Waals surface area (Å²) in [6.07, 6.45) is 2.10. The second-order valence-corrected chi connectivity index (χ2v) is 5.16. The molecule has 1 aliphatic carbocycles. The number of nitrogens with one attached hydrogen (secondary N) is 1. The maximum Gasteiger partial charge on any atom is 0.340 e. The zero-order valence-electron chi connectivity index (χ0n) is 12.4. The maximum atomic E-state index is 11.8. The number of nitrogen functional groups attached to an aromatic ring is 1. The first-order valence-electron chi connectivity index (χ1n) is 7.09. The summed E-state index contributed by atoms with van der Waals surface area (Å²) in [6.45, 7) is 2.24. The number of benzene rings is 1. The van der Waals surface area contributed by atoms with Gasteiger partial charge in [-0.2, -0.15) is 0 Å². The molecule has 0 bridgehead atoms. The number of anilines is 2. The predicted molar refractivity (Wildman–Crippen MR) is 81.2 cm³/mol. The lowest BCUT2D eigenvalue weighted by Crippen LogP contribution is -2.36.